The Labute approximate surface area is 172 Å². The van der Waals surface area contributed by atoms with Crippen LogP contribution in [0.1, 0.15) is 11.3 Å². The Hall–Kier alpha value is -2.41. The van der Waals surface area contributed by atoms with Crippen molar-refractivity contribution in [3.63, 3.8) is 0 Å². The predicted octanol–water partition coefficient (Wildman–Crippen LogP) is -1.08. The standard InChI is InChI=1S/C19H16N2O4.Na/c1-24-21-18(19(22)23)14-7-10-16(11-8-14)25-12-15-9-6-13-4-2-3-5-17(13)20-15;/h2-11H,12H2,1H3,(H,22,23);/q;+1/p-1. The van der Waals surface area contributed by atoms with Gasteiger partial charge in [-0.25, -0.2) is 4.98 Å². The molecule has 0 unspecified atom stereocenters. The van der Waals surface area contributed by atoms with Crippen LogP contribution in [0.4, 0.5) is 0 Å². The van der Waals surface area contributed by atoms with E-state index in [-0.39, 0.29) is 35.3 Å². The van der Waals surface area contributed by atoms with Gasteiger partial charge in [0.05, 0.1) is 17.2 Å². The van der Waals surface area contributed by atoms with Crippen LogP contribution in [-0.2, 0) is 16.2 Å². The summed E-state index contributed by atoms with van der Waals surface area (Å²) in [5, 5.41) is 15.6. The van der Waals surface area contributed by atoms with Gasteiger partial charge in [0.1, 0.15) is 25.2 Å². The molecular weight excluding hydrogens is 343 g/mol. The van der Waals surface area contributed by atoms with Crippen molar-refractivity contribution in [3.8, 4) is 5.75 Å². The summed E-state index contributed by atoms with van der Waals surface area (Å²) in [4.78, 5) is 20.1. The second-order valence-corrected chi connectivity index (χ2v) is 5.22. The zero-order chi connectivity index (χ0) is 17.6. The van der Waals surface area contributed by atoms with Crippen molar-refractivity contribution in [1.29, 1.82) is 0 Å². The van der Waals surface area contributed by atoms with Gasteiger partial charge in [-0.1, -0.05) is 29.4 Å². The first-order chi connectivity index (χ1) is 12.2. The fourth-order valence-electron chi connectivity index (χ4n) is 2.35. The molecule has 0 radical (unpaired) electrons. The van der Waals surface area contributed by atoms with E-state index >= 15 is 0 Å². The van der Waals surface area contributed by atoms with Gasteiger partial charge in [-0.05, 0) is 36.4 Å². The fourth-order valence-corrected chi connectivity index (χ4v) is 2.35. The molecule has 0 spiro atoms. The molecule has 6 nitrogen and oxygen atoms in total. The molecule has 0 amide bonds. The van der Waals surface area contributed by atoms with Gasteiger partial charge in [0.2, 0.25) is 0 Å². The smallest absolute Gasteiger partial charge is 0.543 e. The maximum absolute atomic E-state index is 11.0. The molecule has 0 aliphatic rings. The number of carbonyl (C=O) groups is 1. The second-order valence-electron chi connectivity index (χ2n) is 5.22. The summed E-state index contributed by atoms with van der Waals surface area (Å²) in [6, 6.07) is 18.2. The summed E-state index contributed by atoms with van der Waals surface area (Å²) in [5.74, 6) is -0.815. The number of nitrogens with zero attached hydrogens (tertiary/aromatic N) is 2. The molecule has 0 fully saturated rings. The normalized spacial score (nSPS) is 10.9. The molecule has 1 aromatic heterocycles. The Kier molecular flexibility index (Phi) is 7.15. The minimum Gasteiger partial charge on any atom is -0.543 e. The van der Waals surface area contributed by atoms with Gasteiger partial charge in [-0.3, -0.25) is 0 Å². The molecule has 0 N–H and O–H groups in total. The van der Waals surface area contributed by atoms with Gasteiger partial charge in [-0.15, -0.1) is 0 Å². The molecule has 0 saturated heterocycles. The molecule has 0 aliphatic heterocycles. The SMILES string of the molecule is CON=C(C(=O)[O-])c1ccc(OCc2ccc3ccccc3n2)cc1.[Na+]. The molecule has 3 rings (SSSR count). The van der Waals surface area contributed by atoms with Gasteiger partial charge in [-0.2, -0.15) is 0 Å². The quantitative estimate of drug-likeness (QED) is 0.318. The summed E-state index contributed by atoms with van der Waals surface area (Å²) >= 11 is 0. The van der Waals surface area contributed by atoms with Gasteiger partial charge in [0.15, 0.2) is 0 Å². The maximum atomic E-state index is 11.0. The van der Waals surface area contributed by atoms with E-state index in [1.165, 1.54) is 7.11 Å². The number of aromatic nitrogens is 1. The largest absolute Gasteiger partial charge is 1.00 e. The zero-order valence-corrected chi connectivity index (χ0v) is 16.5. The number of hydrogen-bond acceptors (Lipinski definition) is 6. The monoisotopic (exact) mass is 358 g/mol. The van der Waals surface area contributed by atoms with Crippen LogP contribution in [0, 0.1) is 0 Å². The average Bonchev–Trinajstić information content (AvgIpc) is 2.64. The van der Waals surface area contributed by atoms with Crippen LogP contribution < -0.4 is 39.4 Å². The summed E-state index contributed by atoms with van der Waals surface area (Å²) in [7, 11) is 1.27. The molecule has 0 atom stereocenters. The molecule has 3 aromatic rings. The van der Waals surface area contributed by atoms with E-state index in [1.54, 1.807) is 24.3 Å². The van der Waals surface area contributed by atoms with E-state index in [9.17, 15) is 9.90 Å². The van der Waals surface area contributed by atoms with E-state index < -0.39 is 5.97 Å². The van der Waals surface area contributed by atoms with Crippen molar-refractivity contribution in [2.45, 2.75) is 6.61 Å². The Bertz CT molecular complexity index is 926. The first kappa shape index (κ1) is 19.9. The molecule has 0 saturated carbocycles. The number of benzene rings is 2. The van der Waals surface area contributed by atoms with Crippen molar-refractivity contribution in [1.82, 2.24) is 4.98 Å². The molecular formula is C19H15N2NaO4. The maximum Gasteiger partial charge on any atom is 1.00 e. The molecule has 126 valence electrons. The van der Waals surface area contributed by atoms with Gasteiger partial charge >= 0.3 is 29.6 Å². The van der Waals surface area contributed by atoms with E-state index in [1.807, 2.05) is 36.4 Å². The number of pyridine rings is 1. The number of para-hydroxylation sites is 1. The molecule has 0 aliphatic carbocycles. The van der Waals surface area contributed by atoms with Gasteiger partial charge in [0, 0.05) is 10.9 Å². The molecule has 2 aromatic carbocycles. The predicted molar refractivity (Wildman–Crippen MR) is 91.1 cm³/mol. The number of carboxylic acids is 1. The first-order valence-electron chi connectivity index (χ1n) is 7.58. The van der Waals surface area contributed by atoms with Crippen molar-refractivity contribution < 1.29 is 49.0 Å². The molecule has 1 heterocycles. The van der Waals surface area contributed by atoms with Crippen LogP contribution in [0.5, 0.6) is 5.75 Å². The minimum absolute atomic E-state index is 0. The molecule has 0 bridgehead atoms. The summed E-state index contributed by atoms with van der Waals surface area (Å²) in [6.45, 7) is 0.309. The summed E-state index contributed by atoms with van der Waals surface area (Å²) in [5.41, 5.74) is 1.82. The summed E-state index contributed by atoms with van der Waals surface area (Å²) < 4.78 is 5.70. The third kappa shape index (κ3) is 4.82. The second kappa shape index (κ2) is 9.33. The van der Waals surface area contributed by atoms with Crippen molar-refractivity contribution in [2.75, 3.05) is 7.11 Å². The number of carboxylic acid groups (broad SMARTS) is 1. The topological polar surface area (TPSA) is 83.8 Å². The average molecular weight is 358 g/mol. The van der Waals surface area contributed by atoms with Crippen molar-refractivity contribution in [3.05, 3.63) is 71.9 Å². The van der Waals surface area contributed by atoms with Crippen LogP contribution in [0.3, 0.4) is 0 Å². The van der Waals surface area contributed by atoms with Crippen LogP contribution in [0.25, 0.3) is 10.9 Å². The minimum atomic E-state index is -1.41. The number of oxime groups is 1. The Balaban J connectivity index is 0.00000243. The number of aliphatic carboxylic acids is 1. The zero-order valence-electron chi connectivity index (χ0n) is 14.5. The van der Waals surface area contributed by atoms with Gasteiger partial charge in [0.25, 0.3) is 0 Å². The van der Waals surface area contributed by atoms with E-state index in [0.29, 0.717) is 17.9 Å². The number of fused-ring (bicyclic) bond motifs is 1. The Morgan fingerprint density at radius 2 is 1.81 bits per heavy atom. The number of hydrogen-bond donors (Lipinski definition) is 0. The van der Waals surface area contributed by atoms with Crippen molar-refractivity contribution >= 4 is 22.6 Å². The van der Waals surface area contributed by atoms with Crippen LogP contribution in [0.15, 0.2) is 65.8 Å². The van der Waals surface area contributed by atoms with E-state index in [0.717, 1.165) is 16.6 Å². The van der Waals surface area contributed by atoms with Gasteiger partial charge < -0.3 is 19.5 Å². The number of carbonyl (C=O) groups excluding carboxylic acids is 1. The Morgan fingerprint density at radius 1 is 1.08 bits per heavy atom. The van der Waals surface area contributed by atoms with Crippen LogP contribution in [0.2, 0.25) is 0 Å². The molecule has 7 heteroatoms. The van der Waals surface area contributed by atoms with E-state index in [2.05, 4.69) is 15.0 Å². The van der Waals surface area contributed by atoms with Crippen molar-refractivity contribution in [2.24, 2.45) is 5.16 Å². The fraction of sp³-hybridized carbons (Fsp3) is 0.105. The first-order valence-corrected chi connectivity index (χ1v) is 7.58. The number of ether oxygens (including phenoxy) is 1. The van der Waals surface area contributed by atoms with Crippen LogP contribution in [-0.4, -0.2) is 23.8 Å². The summed E-state index contributed by atoms with van der Waals surface area (Å²) in [6.07, 6.45) is 0. The number of rotatable bonds is 6. The third-order valence-corrected chi connectivity index (χ3v) is 3.55. The third-order valence-electron chi connectivity index (χ3n) is 3.55. The van der Waals surface area contributed by atoms with E-state index in [4.69, 9.17) is 4.74 Å². The molecule has 26 heavy (non-hydrogen) atoms. The van der Waals surface area contributed by atoms with Crippen LogP contribution >= 0.6 is 0 Å². The Morgan fingerprint density at radius 3 is 2.50 bits per heavy atom.